The third kappa shape index (κ3) is 4.58. The highest BCUT2D eigenvalue weighted by molar-refractivity contribution is 6.39. The molecule has 0 bridgehead atoms. The Morgan fingerprint density at radius 3 is 2.43 bits per heavy atom. The minimum atomic E-state index is -1.32. The van der Waals surface area contributed by atoms with E-state index < -0.39 is 18.0 Å². The number of methoxy groups -OCH3 is 2. The average Bonchev–Trinajstić information content (AvgIpc) is 2.13. The zero-order chi connectivity index (χ0) is 11.1. The van der Waals surface area contributed by atoms with Gasteiger partial charge in [-0.1, -0.05) is 0 Å². The van der Waals surface area contributed by atoms with Crippen LogP contribution in [0.4, 0.5) is 0 Å². The first-order valence-corrected chi connectivity index (χ1v) is 3.84. The molecule has 0 aromatic rings. The van der Waals surface area contributed by atoms with E-state index >= 15 is 0 Å². The summed E-state index contributed by atoms with van der Waals surface area (Å²) in [5.41, 5.74) is 5.13. The molecule has 0 unspecified atom stereocenters. The summed E-state index contributed by atoms with van der Waals surface area (Å²) in [6, 6.07) is 0. The van der Waals surface area contributed by atoms with Crippen molar-refractivity contribution in [2.75, 3.05) is 14.2 Å². The van der Waals surface area contributed by atoms with Gasteiger partial charge in [0.2, 0.25) is 0 Å². The highest BCUT2D eigenvalue weighted by Crippen LogP contribution is 2.03. The zero-order valence-electron chi connectivity index (χ0n) is 8.11. The molecule has 0 amide bonds. The van der Waals surface area contributed by atoms with Crippen molar-refractivity contribution >= 4 is 11.7 Å². The second kappa shape index (κ2) is 6.11. The number of aliphatic carboxylic acids is 1. The van der Waals surface area contributed by atoms with Crippen LogP contribution in [0.3, 0.4) is 0 Å². The predicted molar refractivity (Wildman–Crippen MR) is 50.1 cm³/mol. The molecule has 0 saturated carbocycles. The Balaban J connectivity index is 4.25. The molecule has 0 aliphatic heterocycles. The minimum Gasteiger partial charge on any atom is -0.477 e. The lowest BCUT2D eigenvalue weighted by Crippen LogP contribution is -2.18. The third-order valence-corrected chi connectivity index (χ3v) is 1.49. The van der Waals surface area contributed by atoms with Gasteiger partial charge in [-0.3, -0.25) is 5.41 Å². The molecule has 0 atom stereocenters. The predicted octanol–water partition coefficient (Wildman–Crippen LogP) is -0.0576. The summed E-state index contributed by atoms with van der Waals surface area (Å²) in [4.78, 5) is 10.3. The first-order chi connectivity index (χ1) is 6.51. The molecule has 0 aromatic heterocycles. The van der Waals surface area contributed by atoms with Crippen LogP contribution in [0, 0.1) is 5.41 Å². The fraction of sp³-hybridized carbons (Fsp3) is 0.500. The number of nitrogens with two attached hydrogens (primary N) is 1. The van der Waals surface area contributed by atoms with Gasteiger partial charge in [-0.2, -0.15) is 0 Å². The van der Waals surface area contributed by atoms with Crippen LogP contribution < -0.4 is 5.73 Å². The average molecular weight is 202 g/mol. The summed E-state index contributed by atoms with van der Waals surface area (Å²) in [5.74, 6) is -1.32. The number of carboxylic acids is 1. The van der Waals surface area contributed by atoms with Crippen LogP contribution in [-0.4, -0.2) is 37.3 Å². The van der Waals surface area contributed by atoms with Gasteiger partial charge in [-0.05, 0) is 6.08 Å². The SMILES string of the molecule is COC(C/C(N)=C/C(=N)C(=O)O)OC. The Labute approximate surface area is 81.8 Å². The van der Waals surface area contributed by atoms with Crippen molar-refractivity contribution in [3.05, 3.63) is 11.8 Å². The number of nitrogens with one attached hydrogen (secondary N) is 1. The second-order valence-corrected chi connectivity index (χ2v) is 2.54. The van der Waals surface area contributed by atoms with E-state index in [0.717, 1.165) is 6.08 Å². The molecule has 6 nitrogen and oxygen atoms in total. The van der Waals surface area contributed by atoms with Gasteiger partial charge in [-0.25, -0.2) is 4.79 Å². The lowest BCUT2D eigenvalue weighted by Gasteiger charge is -2.12. The molecule has 80 valence electrons. The van der Waals surface area contributed by atoms with Gasteiger partial charge < -0.3 is 20.3 Å². The topological polar surface area (TPSA) is 106 Å². The molecule has 6 heteroatoms. The van der Waals surface area contributed by atoms with E-state index in [1.807, 2.05) is 0 Å². The van der Waals surface area contributed by atoms with Crippen LogP contribution in [0.15, 0.2) is 11.8 Å². The summed E-state index contributed by atoms with van der Waals surface area (Å²) in [6.45, 7) is 0. The maximum atomic E-state index is 10.3. The highest BCUT2D eigenvalue weighted by Gasteiger charge is 2.09. The van der Waals surface area contributed by atoms with Crippen LogP contribution in [0.1, 0.15) is 6.42 Å². The minimum absolute atomic E-state index is 0.225. The quantitative estimate of drug-likeness (QED) is 0.413. The van der Waals surface area contributed by atoms with Crippen LogP contribution in [0.2, 0.25) is 0 Å². The van der Waals surface area contributed by atoms with Gasteiger partial charge in [0, 0.05) is 26.3 Å². The van der Waals surface area contributed by atoms with Gasteiger partial charge in [-0.15, -0.1) is 0 Å². The summed E-state index contributed by atoms with van der Waals surface area (Å²) >= 11 is 0. The van der Waals surface area contributed by atoms with Gasteiger partial charge in [0.25, 0.3) is 0 Å². The second-order valence-electron chi connectivity index (χ2n) is 2.54. The van der Waals surface area contributed by atoms with Gasteiger partial charge in [0.1, 0.15) is 5.71 Å². The highest BCUT2D eigenvalue weighted by atomic mass is 16.7. The number of hydrogen-bond acceptors (Lipinski definition) is 5. The van der Waals surface area contributed by atoms with E-state index in [9.17, 15) is 4.79 Å². The number of ether oxygens (including phenoxy) is 2. The van der Waals surface area contributed by atoms with Crippen molar-refractivity contribution in [3.63, 3.8) is 0 Å². The van der Waals surface area contributed by atoms with Crippen molar-refractivity contribution < 1.29 is 19.4 Å². The van der Waals surface area contributed by atoms with Crippen LogP contribution >= 0.6 is 0 Å². The molecular formula is C8H14N2O4. The molecule has 14 heavy (non-hydrogen) atoms. The van der Waals surface area contributed by atoms with Crippen molar-refractivity contribution in [1.82, 2.24) is 0 Å². The van der Waals surface area contributed by atoms with E-state index in [0.29, 0.717) is 0 Å². The normalized spacial score (nSPS) is 11.8. The first kappa shape index (κ1) is 12.6. The summed E-state index contributed by atoms with van der Waals surface area (Å²) in [7, 11) is 2.90. The Morgan fingerprint density at radius 1 is 1.57 bits per heavy atom. The van der Waals surface area contributed by atoms with Crippen molar-refractivity contribution in [1.29, 1.82) is 5.41 Å². The molecule has 0 rings (SSSR count). The molecular weight excluding hydrogens is 188 g/mol. The largest absolute Gasteiger partial charge is 0.477 e. The molecule has 0 spiro atoms. The van der Waals surface area contributed by atoms with E-state index in [1.54, 1.807) is 0 Å². The third-order valence-electron chi connectivity index (χ3n) is 1.49. The van der Waals surface area contributed by atoms with Gasteiger partial charge in [0.05, 0.1) is 0 Å². The van der Waals surface area contributed by atoms with Crippen LogP contribution in [0.25, 0.3) is 0 Å². The Bertz CT molecular complexity index is 246. The lowest BCUT2D eigenvalue weighted by molar-refractivity contribution is -0.129. The van der Waals surface area contributed by atoms with E-state index in [4.69, 9.17) is 25.7 Å². The lowest BCUT2D eigenvalue weighted by atomic mass is 10.2. The van der Waals surface area contributed by atoms with Crippen molar-refractivity contribution in [2.45, 2.75) is 12.7 Å². The summed E-state index contributed by atoms with van der Waals surface area (Å²) in [6.07, 6.45) is 0.767. The molecule has 0 heterocycles. The monoisotopic (exact) mass is 202 g/mol. The van der Waals surface area contributed by atoms with E-state index in [-0.39, 0.29) is 12.1 Å². The molecule has 0 aliphatic carbocycles. The van der Waals surface area contributed by atoms with Crippen molar-refractivity contribution in [2.24, 2.45) is 5.73 Å². The fourth-order valence-electron chi connectivity index (χ4n) is 0.761. The van der Waals surface area contributed by atoms with Crippen LogP contribution in [0.5, 0.6) is 0 Å². The molecule has 0 aromatic carbocycles. The van der Waals surface area contributed by atoms with Gasteiger partial charge in [0.15, 0.2) is 6.29 Å². The van der Waals surface area contributed by atoms with Crippen LogP contribution in [-0.2, 0) is 14.3 Å². The maximum absolute atomic E-state index is 10.3. The molecule has 0 saturated heterocycles. The number of rotatable bonds is 6. The molecule has 4 N–H and O–H groups in total. The standard InChI is InChI=1S/C8H14N2O4/c1-13-7(14-2)4-5(9)3-6(10)8(11)12/h3,7,10H,4,9H2,1-2H3,(H,11,12)/b5-3-,10-6?. The Kier molecular flexibility index (Phi) is 5.50. The first-order valence-electron chi connectivity index (χ1n) is 3.84. The Morgan fingerprint density at radius 2 is 2.07 bits per heavy atom. The number of hydrogen-bond donors (Lipinski definition) is 3. The summed E-state index contributed by atoms with van der Waals surface area (Å²) in [5, 5.41) is 15.4. The molecule has 0 aliphatic rings. The smallest absolute Gasteiger partial charge is 0.353 e. The van der Waals surface area contributed by atoms with Gasteiger partial charge >= 0.3 is 5.97 Å². The summed E-state index contributed by atoms with van der Waals surface area (Å²) < 4.78 is 9.70. The fourth-order valence-corrected chi connectivity index (χ4v) is 0.761. The number of carboxylic acid groups (broad SMARTS) is 1. The van der Waals surface area contributed by atoms with E-state index in [2.05, 4.69) is 0 Å². The van der Waals surface area contributed by atoms with E-state index in [1.165, 1.54) is 14.2 Å². The Hall–Kier alpha value is -1.40. The van der Waals surface area contributed by atoms with Crippen molar-refractivity contribution in [3.8, 4) is 0 Å². The molecule has 0 fully saturated rings. The number of carbonyl (C=O) groups is 1. The zero-order valence-corrected chi connectivity index (χ0v) is 8.11. The molecule has 0 radical (unpaired) electrons. The maximum Gasteiger partial charge on any atom is 0.353 e.